The Labute approximate surface area is 201 Å². The molecular weight excluding hydrogens is 444 g/mol. The number of aromatic amines is 1. The lowest BCUT2D eigenvalue weighted by Crippen LogP contribution is -2.43. The number of nitrogens with one attached hydrogen (secondary N) is 2. The second-order valence-corrected chi connectivity index (χ2v) is 8.29. The highest BCUT2D eigenvalue weighted by molar-refractivity contribution is 5.94. The fourth-order valence-corrected chi connectivity index (χ4v) is 4.10. The Hall–Kier alpha value is -4.60. The van der Waals surface area contributed by atoms with Crippen LogP contribution in [0.3, 0.4) is 0 Å². The van der Waals surface area contributed by atoms with Gasteiger partial charge in [-0.25, -0.2) is 9.67 Å². The molecule has 4 aromatic rings. The van der Waals surface area contributed by atoms with E-state index in [9.17, 15) is 9.59 Å². The lowest BCUT2D eigenvalue weighted by molar-refractivity contribution is -0.130. The van der Waals surface area contributed by atoms with Crippen molar-refractivity contribution in [2.24, 2.45) is 5.92 Å². The first kappa shape index (κ1) is 22.2. The van der Waals surface area contributed by atoms with Crippen LogP contribution >= 0.6 is 0 Å². The number of nitrogens with zero attached hydrogens (tertiary/aromatic N) is 6. The number of hydrogen-bond acceptors (Lipinski definition) is 6. The van der Waals surface area contributed by atoms with Crippen LogP contribution in [0.4, 0.5) is 5.69 Å². The summed E-state index contributed by atoms with van der Waals surface area (Å²) in [6.45, 7) is 4.60. The maximum atomic E-state index is 12.7. The largest absolute Gasteiger partial charge is 0.338 e. The topological polar surface area (TPSA) is 122 Å². The van der Waals surface area contributed by atoms with Gasteiger partial charge in [-0.1, -0.05) is 17.9 Å². The van der Waals surface area contributed by atoms with E-state index in [2.05, 4.69) is 37.4 Å². The molecule has 0 aliphatic carbocycles. The van der Waals surface area contributed by atoms with E-state index in [1.54, 1.807) is 22.0 Å². The van der Waals surface area contributed by atoms with Crippen LogP contribution in [0.25, 0.3) is 28.5 Å². The minimum atomic E-state index is -0.241. The van der Waals surface area contributed by atoms with Crippen molar-refractivity contribution in [3.63, 3.8) is 0 Å². The van der Waals surface area contributed by atoms with Crippen molar-refractivity contribution in [3.05, 3.63) is 73.6 Å². The molecular formula is C25H24N8O2. The number of likely N-dealkylation sites (tertiary alicyclic amines) is 1. The zero-order chi connectivity index (χ0) is 24.2. The lowest BCUT2D eigenvalue weighted by atomic mass is 9.97. The molecule has 1 atom stereocenters. The molecule has 5 rings (SSSR count). The number of aromatic nitrogens is 6. The summed E-state index contributed by atoms with van der Waals surface area (Å²) in [7, 11) is 0. The van der Waals surface area contributed by atoms with Gasteiger partial charge in [-0.05, 0) is 61.4 Å². The van der Waals surface area contributed by atoms with E-state index in [0.717, 1.165) is 29.9 Å². The molecule has 4 heterocycles. The summed E-state index contributed by atoms with van der Waals surface area (Å²) < 4.78 is 1.66. The minimum absolute atomic E-state index is 0.0921. The first-order chi connectivity index (χ1) is 17.1. The number of benzene rings is 1. The number of H-pyrrole nitrogens is 1. The molecule has 1 aromatic carbocycles. The van der Waals surface area contributed by atoms with Gasteiger partial charge in [0.05, 0.1) is 34.9 Å². The molecule has 1 aliphatic heterocycles. The van der Waals surface area contributed by atoms with Gasteiger partial charge < -0.3 is 10.2 Å². The molecule has 1 fully saturated rings. The van der Waals surface area contributed by atoms with Gasteiger partial charge >= 0.3 is 0 Å². The number of amides is 2. The Morgan fingerprint density at radius 1 is 1.09 bits per heavy atom. The fraction of sp³-hybridized carbons (Fsp3) is 0.200. The van der Waals surface area contributed by atoms with Gasteiger partial charge in [-0.2, -0.15) is 5.10 Å². The summed E-state index contributed by atoms with van der Waals surface area (Å²) in [5.74, 6) is -0.469. The quantitative estimate of drug-likeness (QED) is 0.420. The monoisotopic (exact) mass is 468 g/mol. The number of carbonyl (C=O) groups excluding carboxylic acids is 2. The van der Waals surface area contributed by atoms with Crippen molar-refractivity contribution in [1.29, 1.82) is 0 Å². The molecule has 1 aliphatic rings. The molecule has 3 aromatic heterocycles. The minimum Gasteiger partial charge on any atom is -0.338 e. The van der Waals surface area contributed by atoms with E-state index in [1.807, 2.05) is 48.5 Å². The van der Waals surface area contributed by atoms with E-state index in [0.29, 0.717) is 30.2 Å². The molecule has 1 saturated heterocycles. The van der Waals surface area contributed by atoms with E-state index in [1.165, 1.54) is 6.08 Å². The second-order valence-electron chi connectivity index (χ2n) is 8.29. The third kappa shape index (κ3) is 4.86. The van der Waals surface area contributed by atoms with Crippen LogP contribution in [-0.2, 0) is 9.59 Å². The Bertz CT molecular complexity index is 1340. The van der Waals surface area contributed by atoms with E-state index >= 15 is 0 Å². The fourth-order valence-electron chi connectivity index (χ4n) is 4.10. The third-order valence-electron chi connectivity index (χ3n) is 5.96. The van der Waals surface area contributed by atoms with Crippen LogP contribution in [0.15, 0.2) is 73.6 Å². The number of rotatable bonds is 6. The molecule has 10 heteroatoms. The summed E-state index contributed by atoms with van der Waals surface area (Å²) in [5, 5.41) is 18.3. The summed E-state index contributed by atoms with van der Waals surface area (Å²) >= 11 is 0. The van der Waals surface area contributed by atoms with Gasteiger partial charge in [0.2, 0.25) is 11.8 Å². The summed E-state index contributed by atoms with van der Waals surface area (Å²) in [6, 6.07) is 14.9. The van der Waals surface area contributed by atoms with Crippen molar-refractivity contribution in [1.82, 2.24) is 35.1 Å². The molecule has 0 saturated carbocycles. The summed E-state index contributed by atoms with van der Waals surface area (Å²) in [4.78, 5) is 30.9. The summed E-state index contributed by atoms with van der Waals surface area (Å²) in [5.41, 5.74) is 4.41. The Balaban J connectivity index is 1.25. The standard InChI is InChI=1S/C25H24N8O2/c1-2-24(34)32-14-4-5-17(15-32)25(35)27-18-8-10-19(11-9-18)33-16-23(30-31-33)21-7-3-6-20(28-21)22-12-13-26-29-22/h2-3,6-13,16-17H,1,4-5,14-15H2,(H,26,29)(H,27,35)/t17-/m0/s1. The maximum absolute atomic E-state index is 12.7. The van der Waals surface area contributed by atoms with Gasteiger partial charge in [-0.15, -0.1) is 5.10 Å². The average Bonchev–Trinajstić information content (AvgIpc) is 3.62. The van der Waals surface area contributed by atoms with E-state index < -0.39 is 0 Å². The van der Waals surface area contributed by atoms with Crippen LogP contribution in [0.5, 0.6) is 0 Å². The Kier molecular flexibility index (Phi) is 6.16. The van der Waals surface area contributed by atoms with Crippen molar-refractivity contribution in [3.8, 4) is 28.5 Å². The smallest absolute Gasteiger partial charge is 0.245 e. The maximum Gasteiger partial charge on any atom is 0.245 e. The first-order valence-electron chi connectivity index (χ1n) is 11.3. The molecule has 0 bridgehead atoms. The van der Waals surface area contributed by atoms with Gasteiger partial charge in [0.1, 0.15) is 5.69 Å². The Morgan fingerprint density at radius 3 is 2.69 bits per heavy atom. The molecule has 176 valence electrons. The highest BCUT2D eigenvalue weighted by atomic mass is 16.2. The average molecular weight is 469 g/mol. The van der Waals surface area contributed by atoms with E-state index in [4.69, 9.17) is 0 Å². The normalized spacial score (nSPS) is 15.5. The van der Waals surface area contributed by atoms with Gasteiger partial charge in [0, 0.05) is 25.0 Å². The van der Waals surface area contributed by atoms with Gasteiger partial charge in [-0.3, -0.25) is 14.7 Å². The molecule has 0 spiro atoms. The SMILES string of the molecule is C=CC(=O)N1CCC[C@H](C(=O)Nc2ccc(-n3cc(-c4cccc(-c5ccn[nH]5)n4)nn3)cc2)C1. The third-order valence-corrected chi connectivity index (χ3v) is 5.96. The van der Waals surface area contributed by atoms with Crippen molar-refractivity contribution in [2.75, 3.05) is 18.4 Å². The zero-order valence-corrected chi connectivity index (χ0v) is 19.0. The molecule has 10 nitrogen and oxygen atoms in total. The zero-order valence-electron chi connectivity index (χ0n) is 19.0. The van der Waals surface area contributed by atoms with Crippen LogP contribution in [0.1, 0.15) is 12.8 Å². The highest BCUT2D eigenvalue weighted by Crippen LogP contribution is 2.22. The van der Waals surface area contributed by atoms with Crippen molar-refractivity contribution >= 4 is 17.5 Å². The Morgan fingerprint density at radius 2 is 1.91 bits per heavy atom. The van der Waals surface area contributed by atoms with Crippen molar-refractivity contribution in [2.45, 2.75) is 12.8 Å². The second kappa shape index (κ2) is 9.72. The highest BCUT2D eigenvalue weighted by Gasteiger charge is 2.27. The number of pyridine rings is 1. The lowest BCUT2D eigenvalue weighted by Gasteiger charge is -2.31. The van der Waals surface area contributed by atoms with Crippen LogP contribution in [-0.4, -0.2) is 60.0 Å². The first-order valence-corrected chi connectivity index (χ1v) is 11.3. The molecule has 0 unspecified atom stereocenters. The molecule has 2 N–H and O–H groups in total. The number of carbonyl (C=O) groups is 2. The van der Waals surface area contributed by atoms with Gasteiger partial charge in [0.15, 0.2) is 0 Å². The molecule has 2 amide bonds. The summed E-state index contributed by atoms with van der Waals surface area (Å²) in [6.07, 6.45) is 6.33. The van der Waals surface area contributed by atoms with E-state index in [-0.39, 0.29) is 17.7 Å². The molecule has 0 radical (unpaired) electrons. The van der Waals surface area contributed by atoms with Crippen LogP contribution < -0.4 is 5.32 Å². The van der Waals surface area contributed by atoms with Crippen molar-refractivity contribution < 1.29 is 9.59 Å². The predicted molar refractivity (Wildman–Crippen MR) is 130 cm³/mol. The molecule has 35 heavy (non-hydrogen) atoms. The predicted octanol–water partition coefficient (Wildman–Crippen LogP) is 3.08. The van der Waals surface area contributed by atoms with Crippen LogP contribution in [0, 0.1) is 5.92 Å². The van der Waals surface area contributed by atoms with Gasteiger partial charge in [0.25, 0.3) is 0 Å². The number of anilines is 1. The number of hydrogen-bond donors (Lipinski definition) is 2. The van der Waals surface area contributed by atoms with Crippen LogP contribution in [0.2, 0.25) is 0 Å². The number of piperidine rings is 1.